The Kier molecular flexibility index (Phi) is 141000. The Labute approximate surface area is 51.8 Å². The normalized spacial score (nSPS) is 1.33. The van der Waals surface area contributed by atoms with Crippen LogP contribution in [0.1, 0.15) is 0 Å². The molecule has 0 spiro atoms. The molecule has 0 unspecified atom stereocenters. The molecule has 0 fully saturated rings. The summed E-state index contributed by atoms with van der Waals surface area (Å²) in [5.74, 6) is 0. The minimum Gasteiger partial charge on any atom is -0.147 e. The van der Waals surface area contributed by atoms with Crippen molar-refractivity contribution >= 4 is 24.8 Å². The number of rotatable bonds is 0. The van der Waals surface area contributed by atoms with Gasteiger partial charge in [0, 0.05) is 0 Å². The smallest absolute Gasteiger partial charge is 0.106 e. The molecule has 0 heterocycles. The van der Waals surface area contributed by atoms with E-state index in [1.165, 1.54) is 0 Å². The molecule has 2 heteroatoms. The van der Waals surface area contributed by atoms with Gasteiger partial charge in [-0.2, -0.15) is 0 Å². The molecule has 0 saturated carbocycles. The third-order valence-electron chi connectivity index (χ3n) is 0. The second-order valence-electron chi connectivity index (χ2n) is 0. The molecule has 0 aliphatic rings. The molecule has 0 aromatic carbocycles. The van der Waals surface area contributed by atoms with E-state index in [1.54, 1.807) is 0 Å². The number of halogens is 2. The summed E-state index contributed by atoms with van der Waals surface area (Å²) in [7, 11) is 0. The van der Waals surface area contributed by atoms with E-state index >= 15 is 0 Å². The lowest BCUT2D eigenvalue weighted by molar-refractivity contribution is 2.81. The van der Waals surface area contributed by atoms with Crippen LogP contribution in [0.25, 0.3) is 0 Å². The van der Waals surface area contributed by atoms with Gasteiger partial charge in [0.25, 0.3) is 0 Å². The lowest BCUT2D eigenvalue weighted by atomic mass is 11.3. The summed E-state index contributed by atoms with van der Waals surface area (Å²) in [4.78, 5) is 0. The minimum absolute atomic E-state index is 0. The molecule has 0 aliphatic carbocycles. The van der Waals surface area contributed by atoms with Crippen LogP contribution in [-0.2, 0) is 0 Å². The second-order valence-corrected chi connectivity index (χ2v) is 0. The van der Waals surface area contributed by atoms with Gasteiger partial charge in [-0.3, -0.25) is 0 Å². The predicted octanol–water partition coefficient (Wildman–Crippen LogP) is 2.45. The summed E-state index contributed by atoms with van der Waals surface area (Å²) < 4.78 is 0. The minimum atomic E-state index is 0. The quantitative estimate of drug-likeness (QED) is 0.440. The van der Waals surface area contributed by atoms with Gasteiger partial charge < -0.3 is 0 Å². The van der Waals surface area contributed by atoms with Crippen LogP contribution < -0.4 is 0 Å². The van der Waals surface area contributed by atoms with Crippen LogP contribution in [0.4, 0.5) is 0 Å². The first kappa shape index (κ1) is 36.6. The second kappa shape index (κ2) is 23200. The first-order valence-electron chi connectivity index (χ1n) is 1.000. The zero-order valence-electron chi connectivity index (χ0n) is 3.64. The highest BCUT2D eigenvalue weighted by molar-refractivity contribution is 5.85. The Morgan fingerprint density at radius 2 is 0.500 bits per heavy atom. The molecule has 40 valence electrons. The van der Waals surface area contributed by atoms with E-state index in [-0.39, 0.29) is 24.8 Å². The first-order chi connectivity index (χ1) is 2.00. The molecule has 0 atom stereocenters. The Balaban J connectivity index is -0.00000000500. The van der Waals surface area contributed by atoms with Crippen LogP contribution in [0.3, 0.4) is 0 Å². The molecule has 0 aromatic rings. The lowest BCUT2D eigenvalue weighted by Crippen LogP contribution is -0.552. The van der Waals surface area contributed by atoms with Crippen molar-refractivity contribution in [2.75, 3.05) is 0 Å². The maximum absolute atomic E-state index is 3.00. The van der Waals surface area contributed by atoms with Crippen LogP contribution >= 0.6 is 24.8 Å². The third kappa shape index (κ3) is 10600. The van der Waals surface area contributed by atoms with Gasteiger partial charge >= 0.3 is 0 Å². The van der Waals surface area contributed by atoms with E-state index in [9.17, 15) is 0 Å². The van der Waals surface area contributed by atoms with Gasteiger partial charge in [-0.1, -0.05) is 0 Å². The van der Waals surface area contributed by atoms with Gasteiger partial charge in [0.05, 0.1) is 0 Å². The van der Waals surface area contributed by atoms with Crippen molar-refractivity contribution in [3.05, 3.63) is 26.3 Å². The maximum atomic E-state index is 3.00. The van der Waals surface area contributed by atoms with E-state index in [0.717, 1.165) is 0 Å². The molecule has 0 rings (SSSR count). The monoisotopic (exact) mass is 128 g/mol. The third-order valence-corrected chi connectivity index (χ3v) is 0. The average molecular weight is 129 g/mol. The van der Waals surface area contributed by atoms with Crippen LogP contribution in [0.5, 0.6) is 0 Å². The van der Waals surface area contributed by atoms with Gasteiger partial charge in [-0.05, 0) is 0 Å². The molecule has 6 heavy (non-hydrogen) atoms. The van der Waals surface area contributed by atoms with Gasteiger partial charge in [0.15, 0.2) is 0 Å². The molecule has 0 radical (unpaired) electrons. The molecule has 0 aromatic heterocycles. The predicted molar refractivity (Wildman–Crippen MR) is 37.0 cm³/mol. The van der Waals surface area contributed by atoms with Crippen LogP contribution in [0.15, 0.2) is 26.3 Å². The molecule has 0 saturated heterocycles. The highest BCUT2D eigenvalue weighted by Crippen LogP contribution is 0.864. The van der Waals surface area contributed by atoms with Crippen LogP contribution in [0, 0.1) is 0 Å². The summed E-state index contributed by atoms with van der Waals surface area (Å²) in [6, 6.07) is 0. The first-order valence-corrected chi connectivity index (χ1v) is 1.000. The van der Waals surface area contributed by atoms with Crippen molar-refractivity contribution in [2.24, 2.45) is 0 Å². The largest absolute Gasteiger partial charge is 0.147 e. The van der Waals surface area contributed by atoms with Crippen molar-refractivity contribution in [2.45, 2.75) is 0 Å². The summed E-state index contributed by atoms with van der Waals surface area (Å²) in [6.45, 7) is 12.0. The zero-order valence-corrected chi connectivity index (χ0v) is 5.28. The van der Waals surface area contributed by atoms with E-state index in [1.807, 2.05) is 0 Å². The van der Waals surface area contributed by atoms with Crippen LogP contribution in [0.2, 0.25) is 0 Å². The van der Waals surface area contributed by atoms with E-state index in [0.29, 0.717) is 0 Å². The summed E-state index contributed by atoms with van der Waals surface area (Å²) >= 11 is 0. The maximum Gasteiger partial charge on any atom is -0.106 e. The van der Waals surface area contributed by atoms with Gasteiger partial charge in [-0.15, -0.1) is 51.1 Å². The van der Waals surface area contributed by atoms with Gasteiger partial charge in [0.2, 0.25) is 0 Å². The molecule has 0 nitrogen and oxygen atoms in total. The molecule has 0 amide bonds. The van der Waals surface area contributed by atoms with Crippen molar-refractivity contribution in [1.29, 1.82) is 0 Å². The molecule has 0 bridgehead atoms. The zero-order chi connectivity index (χ0) is 4.00. The van der Waals surface area contributed by atoms with E-state index < -0.39 is 0 Å². The Morgan fingerprint density at radius 1 is 0.500 bits per heavy atom. The fourth-order valence-electron chi connectivity index (χ4n) is 0. The Bertz CT molecular complexity index is 7.51. The van der Waals surface area contributed by atoms with Crippen molar-refractivity contribution in [1.82, 2.24) is 0 Å². The van der Waals surface area contributed by atoms with Crippen LogP contribution in [-0.4, -0.2) is 0 Å². The molecule has 0 aliphatic heterocycles. The Morgan fingerprint density at radius 3 is 0.500 bits per heavy atom. The average Bonchev–Trinajstić information content (AvgIpc) is 1.50. The lowest BCUT2D eigenvalue weighted by Gasteiger charge is -0.813. The Hall–Kier alpha value is 0.0600. The number of hydrogen-bond acceptors (Lipinski definition) is 0. The van der Waals surface area contributed by atoms with Gasteiger partial charge in [-0.25, -0.2) is 0 Å². The highest BCUT2D eigenvalue weighted by Gasteiger charge is 0.603. The SMILES string of the molecule is C=C.C=C.Cl.Cl. The standard InChI is InChI=1S/2C2H4.2ClH/c2*1-2;;/h2*1-2H2;2*1H. The fourth-order valence-corrected chi connectivity index (χ4v) is 0. The molecular formula is C4H10Cl2. The van der Waals surface area contributed by atoms with E-state index in [2.05, 4.69) is 26.3 Å². The van der Waals surface area contributed by atoms with Crippen molar-refractivity contribution in [3.8, 4) is 0 Å². The summed E-state index contributed by atoms with van der Waals surface area (Å²) in [5, 5.41) is 0. The van der Waals surface area contributed by atoms with E-state index in [4.69, 9.17) is 0 Å². The molecule has 0 N–H and O–H groups in total. The highest BCUT2D eigenvalue weighted by atomic mass is 35.5. The fraction of sp³-hybridized carbons (Fsp3) is 0. The topological polar surface area (TPSA) is 0 Å². The number of hydrogen-bond donors (Lipinski definition) is 0. The summed E-state index contributed by atoms with van der Waals surface area (Å²) in [6.07, 6.45) is 0. The van der Waals surface area contributed by atoms with Crippen molar-refractivity contribution < 1.29 is 0 Å². The molecular weight excluding hydrogens is 119 g/mol. The van der Waals surface area contributed by atoms with Gasteiger partial charge in [0.1, 0.15) is 0 Å². The summed E-state index contributed by atoms with van der Waals surface area (Å²) in [5.41, 5.74) is 0. The van der Waals surface area contributed by atoms with Crippen molar-refractivity contribution in [3.63, 3.8) is 0 Å².